The van der Waals surface area contributed by atoms with Crippen LogP contribution in [0, 0.1) is 0 Å². The van der Waals surface area contributed by atoms with Crippen molar-refractivity contribution in [3.8, 4) is 0 Å². The zero-order valence-electron chi connectivity index (χ0n) is 28.2. The Morgan fingerprint density at radius 2 is 1.33 bits per heavy atom. The minimum absolute atomic E-state index is 0. The Kier molecular flexibility index (Phi) is 23.9. The van der Waals surface area contributed by atoms with Crippen LogP contribution in [0.1, 0.15) is 136 Å². The first-order chi connectivity index (χ1) is 21.4. The minimum Gasteiger partial charge on any atom is -1.00 e. The molecule has 9 nitrogen and oxygen atoms in total. The topological polar surface area (TPSA) is 98.0 Å². The van der Waals surface area contributed by atoms with E-state index in [0.29, 0.717) is 13.0 Å². The number of hydrogen-bond acceptors (Lipinski definition) is 6. The number of alkyl carbamates (subject to hydrolysis) is 1. The molecule has 2 atom stereocenters. The number of halogens is 1. The average molecular weight is 746 g/mol. The molecule has 1 saturated heterocycles. The Hall–Kier alpha value is -1.95. The van der Waals surface area contributed by atoms with E-state index in [1.165, 1.54) is 96.8 Å². The molecule has 1 aromatic heterocycles. The van der Waals surface area contributed by atoms with Gasteiger partial charge in [0.05, 0.1) is 12.2 Å². The lowest BCUT2D eigenvalue weighted by Crippen LogP contribution is -3.00. The van der Waals surface area contributed by atoms with E-state index in [1.54, 1.807) is 0 Å². The summed E-state index contributed by atoms with van der Waals surface area (Å²) in [5.41, 5.74) is 0.840. The van der Waals surface area contributed by atoms with Gasteiger partial charge in [-0.3, -0.25) is 4.79 Å². The number of unbranched alkanes of at least 4 members (excludes halogenated alkanes) is 15. The van der Waals surface area contributed by atoms with Crippen LogP contribution in [0.2, 0.25) is 0 Å². The Labute approximate surface area is 289 Å². The molecule has 1 fully saturated rings. The zero-order valence-corrected chi connectivity index (χ0v) is 30.4. The molecule has 0 spiro atoms. The first kappa shape index (κ1) is 41.1. The standard InChI is InChI=1S/C35H59N3O6.HI/c1-4-6-7-8-9-10-11-12-13-14-15-16-17-18-19-21-24-36-34(40)42-28-32-26-33(44-32)29-43-35(41)38(30(3)39)27-31-23-20-22-25-37(31)5-2;/h20,22-23,25,32-33H,4-19,21,24,26-29H2,1-3H3;1H/t32-,33-;/m1./s1. The van der Waals surface area contributed by atoms with E-state index in [4.69, 9.17) is 14.2 Å². The van der Waals surface area contributed by atoms with E-state index in [0.717, 1.165) is 30.0 Å². The highest BCUT2D eigenvalue weighted by molar-refractivity contribution is 5.90. The molecule has 45 heavy (non-hydrogen) atoms. The van der Waals surface area contributed by atoms with Crippen molar-refractivity contribution in [1.82, 2.24) is 10.2 Å². The van der Waals surface area contributed by atoms with Crippen LogP contribution >= 0.6 is 0 Å². The number of rotatable bonds is 24. The summed E-state index contributed by atoms with van der Waals surface area (Å²) in [5.74, 6) is -0.382. The number of aromatic nitrogens is 1. The van der Waals surface area contributed by atoms with E-state index in [-0.39, 0.29) is 61.9 Å². The highest BCUT2D eigenvalue weighted by Gasteiger charge is 2.33. The Bertz CT molecular complexity index is 944. The molecule has 1 aromatic rings. The van der Waals surface area contributed by atoms with Crippen LogP contribution in [0.3, 0.4) is 0 Å². The molecule has 0 radical (unpaired) electrons. The van der Waals surface area contributed by atoms with Gasteiger partial charge in [0.1, 0.15) is 26.3 Å². The lowest BCUT2D eigenvalue weighted by Gasteiger charge is -2.35. The summed E-state index contributed by atoms with van der Waals surface area (Å²) in [7, 11) is 0. The third-order valence-corrected chi connectivity index (χ3v) is 8.30. The van der Waals surface area contributed by atoms with Crippen molar-refractivity contribution in [2.24, 2.45) is 0 Å². The summed E-state index contributed by atoms with van der Waals surface area (Å²) in [5, 5.41) is 2.81. The number of nitrogens with one attached hydrogen (secondary N) is 1. The van der Waals surface area contributed by atoms with Gasteiger partial charge in [0.25, 0.3) is 0 Å². The molecule has 1 N–H and O–H groups in total. The Morgan fingerprint density at radius 3 is 1.84 bits per heavy atom. The molecule has 0 unspecified atom stereocenters. The summed E-state index contributed by atoms with van der Waals surface area (Å²) in [6.45, 7) is 7.32. The normalized spacial score (nSPS) is 15.4. The van der Waals surface area contributed by atoms with Crippen molar-refractivity contribution >= 4 is 18.1 Å². The predicted octanol–water partition coefficient (Wildman–Crippen LogP) is 4.63. The van der Waals surface area contributed by atoms with Crippen molar-refractivity contribution in [3.63, 3.8) is 0 Å². The van der Waals surface area contributed by atoms with Crippen molar-refractivity contribution < 1.29 is 57.1 Å². The van der Waals surface area contributed by atoms with Gasteiger partial charge in [0.15, 0.2) is 6.20 Å². The summed E-state index contributed by atoms with van der Waals surface area (Å²) < 4.78 is 18.3. The second kappa shape index (κ2) is 26.2. The van der Waals surface area contributed by atoms with Crippen molar-refractivity contribution in [2.45, 2.75) is 155 Å². The Balaban J connectivity index is 0.0000101. The molecule has 258 valence electrons. The van der Waals surface area contributed by atoms with Gasteiger partial charge in [0.2, 0.25) is 11.6 Å². The van der Waals surface area contributed by atoms with Crippen molar-refractivity contribution in [1.29, 1.82) is 0 Å². The minimum atomic E-state index is -0.694. The van der Waals surface area contributed by atoms with Crippen molar-refractivity contribution in [3.05, 3.63) is 30.1 Å². The van der Waals surface area contributed by atoms with Gasteiger partial charge in [-0.1, -0.05) is 109 Å². The molecule has 1 aliphatic rings. The molecule has 10 heteroatoms. The summed E-state index contributed by atoms with van der Waals surface area (Å²) in [6.07, 6.45) is 22.1. The van der Waals surface area contributed by atoms with Gasteiger partial charge >= 0.3 is 12.2 Å². The van der Waals surface area contributed by atoms with Crippen LogP contribution in [-0.2, 0) is 32.1 Å². The molecule has 0 aliphatic carbocycles. The van der Waals surface area contributed by atoms with Crippen LogP contribution < -0.4 is 33.9 Å². The quantitative estimate of drug-likeness (QED) is 0.0943. The number of carbonyl (C=O) groups is 3. The van der Waals surface area contributed by atoms with Crippen molar-refractivity contribution in [2.75, 3.05) is 19.8 Å². The molecule has 0 aromatic carbocycles. The number of aryl methyl sites for hydroxylation is 1. The van der Waals surface area contributed by atoms with Gasteiger partial charge in [-0.15, -0.1) is 0 Å². The molecular formula is C35H60IN3O6. The van der Waals surface area contributed by atoms with E-state index in [9.17, 15) is 14.4 Å². The highest BCUT2D eigenvalue weighted by Crippen LogP contribution is 2.21. The van der Waals surface area contributed by atoms with E-state index in [1.807, 2.05) is 35.9 Å². The number of nitrogens with zero attached hydrogens (tertiary/aromatic N) is 2. The maximum absolute atomic E-state index is 12.6. The third-order valence-electron chi connectivity index (χ3n) is 8.30. The second-order valence-corrected chi connectivity index (χ2v) is 12.1. The second-order valence-electron chi connectivity index (χ2n) is 12.1. The zero-order chi connectivity index (χ0) is 31.8. The number of hydrogen-bond donors (Lipinski definition) is 1. The first-order valence-electron chi connectivity index (χ1n) is 17.4. The van der Waals surface area contributed by atoms with Crippen LogP contribution in [0.15, 0.2) is 24.4 Å². The van der Waals surface area contributed by atoms with E-state index in [2.05, 4.69) is 12.2 Å². The number of imide groups is 1. The summed E-state index contributed by atoms with van der Waals surface area (Å²) >= 11 is 0. The SMILES string of the molecule is CCCCCCCCCCCCCCCCCCNC(=O)OC[C@H]1C[C@H](COC(=O)N(Cc2cccc[n+]2CC)C(C)=O)O1.[I-]. The fourth-order valence-electron chi connectivity index (χ4n) is 5.52. The smallest absolute Gasteiger partial charge is 0.417 e. The van der Waals surface area contributed by atoms with Gasteiger partial charge in [-0.2, -0.15) is 0 Å². The lowest BCUT2D eigenvalue weighted by atomic mass is 10.0. The number of carbonyl (C=O) groups excluding carboxylic acids is 3. The molecule has 0 bridgehead atoms. The van der Waals surface area contributed by atoms with Gasteiger partial charge < -0.3 is 43.5 Å². The van der Waals surface area contributed by atoms with Crippen LogP contribution in [0.4, 0.5) is 9.59 Å². The highest BCUT2D eigenvalue weighted by atomic mass is 127. The molecule has 1 aliphatic heterocycles. The summed E-state index contributed by atoms with van der Waals surface area (Å²) in [6, 6.07) is 5.66. The van der Waals surface area contributed by atoms with Gasteiger partial charge in [-0.05, 0) is 13.3 Å². The number of ether oxygens (including phenoxy) is 3. The number of pyridine rings is 1. The Morgan fingerprint density at radius 1 is 0.822 bits per heavy atom. The van der Waals surface area contributed by atoms with E-state index >= 15 is 0 Å². The summed E-state index contributed by atoms with van der Waals surface area (Å²) in [4.78, 5) is 37.7. The fraction of sp³-hybridized carbons (Fsp3) is 0.771. The van der Waals surface area contributed by atoms with Gasteiger partial charge in [-0.25, -0.2) is 19.1 Å². The lowest BCUT2D eigenvalue weighted by molar-refractivity contribution is -0.701. The van der Waals surface area contributed by atoms with E-state index < -0.39 is 12.2 Å². The third kappa shape index (κ3) is 18.7. The monoisotopic (exact) mass is 745 g/mol. The van der Waals surface area contributed by atoms with Crippen LogP contribution in [0.5, 0.6) is 0 Å². The van der Waals surface area contributed by atoms with Gasteiger partial charge in [0, 0.05) is 32.0 Å². The van der Waals surface area contributed by atoms with Crippen LogP contribution in [-0.4, -0.2) is 55.0 Å². The maximum atomic E-state index is 12.6. The fourth-order valence-corrected chi connectivity index (χ4v) is 5.52. The largest absolute Gasteiger partial charge is 1.00 e. The molecule has 3 amide bonds. The molecule has 2 heterocycles. The predicted molar refractivity (Wildman–Crippen MR) is 172 cm³/mol. The molecule has 0 saturated carbocycles. The average Bonchev–Trinajstić information content (AvgIpc) is 3.00. The van der Waals surface area contributed by atoms with Crippen LogP contribution in [0.25, 0.3) is 0 Å². The molecular weight excluding hydrogens is 685 g/mol. The molecule has 2 rings (SSSR count). The maximum Gasteiger partial charge on any atom is 0.417 e. The first-order valence-corrected chi connectivity index (χ1v) is 17.4. The number of amides is 3.